The van der Waals surface area contributed by atoms with Crippen molar-refractivity contribution in [3.63, 3.8) is 0 Å². The Morgan fingerprint density at radius 1 is 0.850 bits per heavy atom. The van der Waals surface area contributed by atoms with Gasteiger partial charge in [-0.3, -0.25) is 0 Å². The Kier molecular flexibility index (Phi) is 15.7. The summed E-state index contributed by atoms with van der Waals surface area (Å²) in [5.41, 5.74) is 0. The second-order valence-corrected chi connectivity index (χ2v) is 5.70. The van der Waals surface area contributed by atoms with Crippen LogP contribution in [-0.4, -0.2) is 46.1 Å². The van der Waals surface area contributed by atoms with Crippen LogP contribution in [0.3, 0.4) is 0 Å². The lowest BCUT2D eigenvalue weighted by Gasteiger charge is -2.23. The van der Waals surface area contributed by atoms with Gasteiger partial charge < -0.3 is 26.8 Å². The highest BCUT2D eigenvalue weighted by atomic mass is 35.5. The summed E-state index contributed by atoms with van der Waals surface area (Å²) >= 11 is 0. The van der Waals surface area contributed by atoms with Crippen molar-refractivity contribution in [3.05, 3.63) is 0 Å². The Morgan fingerprint density at radius 3 is 2.10 bits per heavy atom. The molecule has 0 aromatic heterocycles. The van der Waals surface area contributed by atoms with E-state index in [1.54, 1.807) is 4.90 Å². The van der Waals surface area contributed by atoms with E-state index < -0.39 is 0 Å². The Labute approximate surface area is 131 Å². The van der Waals surface area contributed by atoms with E-state index in [1.807, 2.05) is 0 Å². The fourth-order valence-corrected chi connectivity index (χ4v) is 2.57. The van der Waals surface area contributed by atoms with Crippen LogP contribution < -0.4 is 17.3 Å². The van der Waals surface area contributed by atoms with Crippen LogP contribution in [0.25, 0.3) is 0 Å². The molecule has 0 radical (unpaired) electrons. The van der Waals surface area contributed by atoms with Crippen LogP contribution in [0.2, 0.25) is 0 Å². The number of rotatable bonds is 12. The highest BCUT2D eigenvalue weighted by molar-refractivity contribution is 4.46. The normalized spacial score (nSPS) is 16.1. The minimum absolute atomic E-state index is 0. The lowest BCUT2D eigenvalue weighted by atomic mass is 10.1. The highest BCUT2D eigenvalue weighted by Crippen LogP contribution is 2.08. The van der Waals surface area contributed by atoms with Gasteiger partial charge in [0, 0.05) is 6.61 Å². The summed E-state index contributed by atoms with van der Waals surface area (Å²) < 4.78 is 11.1. The molecule has 1 saturated heterocycles. The summed E-state index contributed by atoms with van der Waals surface area (Å²) in [6.07, 6.45) is 11.0. The minimum Gasteiger partial charge on any atom is -1.00 e. The zero-order valence-electron chi connectivity index (χ0n) is 13.3. The Morgan fingerprint density at radius 2 is 1.45 bits per heavy atom. The van der Waals surface area contributed by atoms with Gasteiger partial charge in [-0.1, -0.05) is 51.9 Å². The largest absolute Gasteiger partial charge is 1.00 e. The molecule has 3 nitrogen and oxygen atoms in total. The summed E-state index contributed by atoms with van der Waals surface area (Å²) in [6.45, 7) is 9.46. The highest BCUT2D eigenvalue weighted by Gasteiger charge is 2.12. The predicted molar refractivity (Wildman–Crippen MR) is 79.8 cm³/mol. The first-order valence-corrected chi connectivity index (χ1v) is 8.42. The summed E-state index contributed by atoms with van der Waals surface area (Å²) in [7, 11) is 0. The molecule has 0 atom stereocenters. The molecule has 0 amide bonds. The van der Waals surface area contributed by atoms with Crippen LogP contribution in [0, 0.1) is 0 Å². The monoisotopic (exact) mass is 307 g/mol. The molecule has 4 heteroatoms. The van der Waals surface area contributed by atoms with Gasteiger partial charge in [-0.25, -0.2) is 0 Å². The van der Waals surface area contributed by atoms with Crippen LogP contribution >= 0.6 is 0 Å². The van der Waals surface area contributed by atoms with E-state index in [-0.39, 0.29) is 12.4 Å². The van der Waals surface area contributed by atoms with E-state index >= 15 is 0 Å². The van der Waals surface area contributed by atoms with Crippen molar-refractivity contribution >= 4 is 0 Å². The predicted octanol–water partition coefficient (Wildman–Crippen LogP) is -0.937. The van der Waals surface area contributed by atoms with Gasteiger partial charge in [0.1, 0.15) is 19.6 Å². The maximum atomic E-state index is 5.72. The molecular formula is C16H34ClNO2. The first-order valence-electron chi connectivity index (χ1n) is 8.42. The van der Waals surface area contributed by atoms with Crippen LogP contribution in [0.15, 0.2) is 0 Å². The average Bonchev–Trinajstić information content (AvgIpc) is 2.46. The number of ether oxygens (including phenoxy) is 2. The molecule has 0 bridgehead atoms. The molecule has 122 valence electrons. The molecule has 0 aromatic carbocycles. The second kappa shape index (κ2) is 15.6. The lowest BCUT2D eigenvalue weighted by molar-refractivity contribution is -0.908. The van der Waals surface area contributed by atoms with Gasteiger partial charge >= 0.3 is 0 Å². The number of halogens is 1. The maximum absolute atomic E-state index is 5.72. The first-order chi connectivity index (χ1) is 9.43. The molecule has 0 aromatic rings. The fourth-order valence-electron chi connectivity index (χ4n) is 2.57. The number of unbranched alkanes of at least 4 members (excludes halogenated alkanes) is 7. The number of quaternary nitrogens is 1. The van der Waals surface area contributed by atoms with Gasteiger partial charge in [-0.2, -0.15) is 0 Å². The zero-order valence-corrected chi connectivity index (χ0v) is 14.1. The number of nitrogens with one attached hydrogen (secondary N) is 1. The molecule has 1 rings (SSSR count). The van der Waals surface area contributed by atoms with Crippen molar-refractivity contribution in [1.29, 1.82) is 0 Å². The van der Waals surface area contributed by atoms with Crippen LogP contribution in [0.4, 0.5) is 0 Å². The Bertz CT molecular complexity index is 187. The van der Waals surface area contributed by atoms with E-state index in [0.29, 0.717) is 0 Å². The van der Waals surface area contributed by atoms with Crippen molar-refractivity contribution in [2.45, 2.75) is 58.3 Å². The first kappa shape index (κ1) is 20.2. The van der Waals surface area contributed by atoms with Crippen LogP contribution in [0.5, 0.6) is 0 Å². The molecule has 1 heterocycles. The molecule has 1 aliphatic heterocycles. The Balaban J connectivity index is 0.00000361. The fraction of sp³-hybridized carbons (Fsp3) is 1.00. The van der Waals surface area contributed by atoms with Crippen molar-refractivity contribution < 1.29 is 26.8 Å². The van der Waals surface area contributed by atoms with Crippen LogP contribution in [0.1, 0.15) is 58.3 Å². The summed E-state index contributed by atoms with van der Waals surface area (Å²) in [6, 6.07) is 0. The van der Waals surface area contributed by atoms with E-state index in [1.165, 1.54) is 51.4 Å². The molecule has 0 unspecified atom stereocenters. The molecule has 1 N–H and O–H groups in total. The number of morpholine rings is 1. The van der Waals surface area contributed by atoms with Crippen molar-refractivity contribution in [3.8, 4) is 0 Å². The topological polar surface area (TPSA) is 22.9 Å². The van der Waals surface area contributed by atoms with Gasteiger partial charge in [0.2, 0.25) is 0 Å². The van der Waals surface area contributed by atoms with Crippen LogP contribution in [-0.2, 0) is 9.47 Å². The number of hydrogen-bond donors (Lipinski definition) is 1. The van der Waals surface area contributed by atoms with Crippen molar-refractivity contribution in [2.24, 2.45) is 0 Å². The zero-order chi connectivity index (χ0) is 13.6. The van der Waals surface area contributed by atoms with Crippen molar-refractivity contribution in [1.82, 2.24) is 0 Å². The smallest absolute Gasteiger partial charge is 0.101 e. The molecule has 0 spiro atoms. The second-order valence-electron chi connectivity index (χ2n) is 5.70. The molecule has 1 fully saturated rings. The maximum Gasteiger partial charge on any atom is 0.101 e. The van der Waals surface area contributed by atoms with Crippen molar-refractivity contribution in [2.75, 3.05) is 46.1 Å². The summed E-state index contributed by atoms with van der Waals surface area (Å²) in [5.74, 6) is 0. The van der Waals surface area contributed by atoms with Gasteiger partial charge in [0.25, 0.3) is 0 Å². The van der Waals surface area contributed by atoms with Gasteiger partial charge in [-0.15, -0.1) is 0 Å². The summed E-state index contributed by atoms with van der Waals surface area (Å²) in [4.78, 5) is 1.64. The number of hydrogen-bond acceptors (Lipinski definition) is 2. The van der Waals surface area contributed by atoms with Gasteiger partial charge in [-0.05, 0) is 6.42 Å². The Hall–Kier alpha value is 0.170. The molecule has 0 saturated carbocycles. The summed E-state index contributed by atoms with van der Waals surface area (Å²) in [5, 5.41) is 0. The average molecular weight is 308 g/mol. The quantitative estimate of drug-likeness (QED) is 0.471. The van der Waals surface area contributed by atoms with E-state index in [4.69, 9.17) is 9.47 Å². The third kappa shape index (κ3) is 12.0. The third-order valence-corrected chi connectivity index (χ3v) is 3.94. The third-order valence-electron chi connectivity index (χ3n) is 3.94. The molecular weight excluding hydrogens is 274 g/mol. The lowest BCUT2D eigenvalue weighted by Crippen LogP contribution is -3.14. The SMILES string of the molecule is CCCCCCCCCCOCC[NH+]1CCOCC1.[Cl-]. The van der Waals surface area contributed by atoms with E-state index in [0.717, 1.165) is 46.1 Å². The molecule has 20 heavy (non-hydrogen) atoms. The minimum atomic E-state index is 0. The van der Waals surface area contributed by atoms with E-state index in [9.17, 15) is 0 Å². The van der Waals surface area contributed by atoms with Gasteiger partial charge in [0.15, 0.2) is 0 Å². The standard InChI is InChI=1S/C16H33NO2.ClH/c1-2-3-4-5-6-7-8-9-13-18-14-10-17-11-15-19-16-12-17;/h2-16H2,1H3;1H. The van der Waals surface area contributed by atoms with E-state index in [2.05, 4.69) is 6.92 Å². The molecule has 0 aliphatic carbocycles. The molecule has 1 aliphatic rings. The van der Waals surface area contributed by atoms with Gasteiger partial charge in [0.05, 0.1) is 19.8 Å².